The number of carbonyl (C=O) groups excluding carboxylic acids is 5. The number of ether oxygens (including phenoxy) is 7. The average molecular weight is 550 g/mol. The number of hydrogen-bond donors (Lipinski definition) is 1. The quantitative estimate of drug-likeness (QED) is 0.299. The Morgan fingerprint density at radius 1 is 0.949 bits per heavy atom. The smallest absolute Gasteiger partial charge is 0.414 e. The van der Waals surface area contributed by atoms with Gasteiger partial charge >= 0.3 is 24.0 Å². The lowest BCUT2D eigenvalue weighted by molar-refractivity contribution is -0.267. The van der Waals surface area contributed by atoms with Crippen molar-refractivity contribution in [1.29, 1.82) is 0 Å². The molecule has 13 heteroatoms. The lowest BCUT2D eigenvalue weighted by Crippen LogP contribution is -2.60. The second-order valence-corrected chi connectivity index (χ2v) is 9.24. The Balaban J connectivity index is 1.72. The van der Waals surface area contributed by atoms with Crippen LogP contribution in [-0.4, -0.2) is 81.0 Å². The van der Waals surface area contributed by atoms with Crippen LogP contribution < -0.4 is 5.32 Å². The molecular formula is C26H31NO12. The molecule has 0 aromatic heterocycles. The van der Waals surface area contributed by atoms with Gasteiger partial charge in [0, 0.05) is 19.5 Å². The van der Waals surface area contributed by atoms with Gasteiger partial charge in [0.05, 0.1) is 26.2 Å². The van der Waals surface area contributed by atoms with Crippen molar-refractivity contribution in [2.45, 2.75) is 58.1 Å². The fraction of sp³-hybridized carbons (Fsp3) is 0.500. The molecule has 0 aliphatic carbocycles. The van der Waals surface area contributed by atoms with Crippen molar-refractivity contribution in [1.82, 2.24) is 0 Å². The summed E-state index contributed by atoms with van der Waals surface area (Å²) in [6.45, 7) is 6.65. The van der Waals surface area contributed by atoms with E-state index in [0.717, 1.165) is 32.1 Å². The molecule has 1 N–H and O–H groups in total. The van der Waals surface area contributed by atoms with Crippen molar-refractivity contribution < 1.29 is 57.1 Å². The number of methoxy groups -OCH3 is 1. The molecule has 0 spiro atoms. The SMILES string of the molecule is COC(=O)C1O[C@@H](OC(=O)Nc2ccc(C=C3COC(C)(C)OC3)cc2)C(OC(C)=O)C(C=O)[C@@H]1OC(C)=O. The van der Waals surface area contributed by atoms with Crippen molar-refractivity contribution in [3.8, 4) is 0 Å². The van der Waals surface area contributed by atoms with E-state index < -0.39 is 60.3 Å². The molecule has 1 aromatic carbocycles. The number of rotatable bonds is 7. The second-order valence-electron chi connectivity index (χ2n) is 9.24. The predicted octanol–water partition coefficient (Wildman–Crippen LogP) is 1.98. The Bertz CT molecular complexity index is 1100. The van der Waals surface area contributed by atoms with Crippen LogP contribution in [0.5, 0.6) is 0 Å². The number of nitrogens with one attached hydrogen (secondary N) is 1. The van der Waals surface area contributed by atoms with Gasteiger partial charge in [0.25, 0.3) is 0 Å². The third-order valence-electron chi connectivity index (χ3n) is 5.76. The number of hydrogen-bond acceptors (Lipinski definition) is 12. The highest BCUT2D eigenvalue weighted by atomic mass is 16.7. The molecule has 39 heavy (non-hydrogen) atoms. The van der Waals surface area contributed by atoms with Gasteiger partial charge in [0.2, 0.25) is 6.29 Å². The zero-order valence-electron chi connectivity index (χ0n) is 22.2. The van der Waals surface area contributed by atoms with E-state index in [1.165, 1.54) is 0 Å². The van der Waals surface area contributed by atoms with Crippen molar-refractivity contribution in [2.75, 3.05) is 25.6 Å². The lowest BCUT2D eigenvalue weighted by atomic mass is 9.89. The number of esters is 3. The van der Waals surface area contributed by atoms with E-state index in [0.29, 0.717) is 25.2 Å². The molecule has 3 unspecified atom stereocenters. The molecule has 0 radical (unpaired) electrons. The highest BCUT2D eigenvalue weighted by molar-refractivity contribution is 5.85. The minimum absolute atomic E-state index is 0.324. The van der Waals surface area contributed by atoms with Crippen molar-refractivity contribution in [3.05, 3.63) is 35.4 Å². The summed E-state index contributed by atoms with van der Waals surface area (Å²) in [7, 11) is 1.06. The molecule has 2 saturated heterocycles. The number of anilines is 1. The highest BCUT2D eigenvalue weighted by Crippen LogP contribution is 2.32. The summed E-state index contributed by atoms with van der Waals surface area (Å²) in [5.41, 5.74) is 2.14. The van der Waals surface area contributed by atoms with Gasteiger partial charge in [0.15, 0.2) is 24.1 Å². The molecule has 3 rings (SSSR count). The highest BCUT2D eigenvalue weighted by Gasteiger charge is 2.54. The van der Waals surface area contributed by atoms with E-state index in [4.69, 9.17) is 28.4 Å². The molecule has 212 valence electrons. The van der Waals surface area contributed by atoms with E-state index in [1.54, 1.807) is 24.3 Å². The van der Waals surface area contributed by atoms with Crippen molar-refractivity contribution >= 4 is 42.1 Å². The molecule has 2 fully saturated rings. The number of carbonyl (C=O) groups is 5. The van der Waals surface area contributed by atoms with Crippen LogP contribution in [0.3, 0.4) is 0 Å². The number of aldehydes is 1. The number of benzene rings is 1. The summed E-state index contributed by atoms with van der Waals surface area (Å²) in [5, 5.41) is 2.50. The number of amides is 1. The van der Waals surface area contributed by atoms with Gasteiger partial charge in [-0.3, -0.25) is 14.9 Å². The molecular weight excluding hydrogens is 518 g/mol. The summed E-state index contributed by atoms with van der Waals surface area (Å²) in [5.74, 6) is -4.69. The van der Waals surface area contributed by atoms with Crippen molar-refractivity contribution in [3.63, 3.8) is 0 Å². The molecule has 0 bridgehead atoms. The van der Waals surface area contributed by atoms with E-state index in [1.807, 2.05) is 19.9 Å². The standard InChI is InChI=1S/C26H31NO12/c1-14(29)36-20-19(11-28)21(37-15(2)30)24(38-22(20)23(31)33-5)39-25(32)27-18-8-6-16(7-9-18)10-17-12-34-26(3,4)35-13-17/h6-11,19-22,24H,12-13H2,1-5H3,(H,27,32)/t19?,20-,21?,22?,24-/m0/s1. The van der Waals surface area contributed by atoms with E-state index in [-0.39, 0.29) is 0 Å². The molecule has 5 atom stereocenters. The van der Waals surface area contributed by atoms with Crippen LogP contribution in [0.15, 0.2) is 29.8 Å². The van der Waals surface area contributed by atoms with E-state index in [9.17, 15) is 24.0 Å². The third kappa shape index (κ3) is 8.09. The van der Waals surface area contributed by atoms with Crippen LogP contribution in [0, 0.1) is 5.92 Å². The first-order valence-corrected chi connectivity index (χ1v) is 12.0. The van der Waals surface area contributed by atoms with Crippen molar-refractivity contribution in [2.24, 2.45) is 5.92 Å². The summed E-state index contributed by atoms with van der Waals surface area (Å²) in [6.07, 6.45) is -5.15. The largest absolute Gasteiger partial charge is 0.467 e. The summed E-state index contributed by atoms with van der Waals surface area (Å²) in [4.78, 5) is 60.3. The van der Waals surface area contributed by atoms with Gasteiger partial charge < -0.3 is 38.0 Å². The van der Waals surface area contributed by atoms with Gasteiger partial charge in [-0.05, 0) is 37.1 Å². The van der Waals surface area contributed by atoms with Gasteiger partial charge in [-0.2, -0.15) is 0 Å². The topological polar surface area (TPSA) is 162 Å². The fourth-order valence-electron chi connectivity index (χ4n) is 3.93. The van der Waals surface area contributed by atoms with E-state index in [2.05, 4.69) is 10.1 Å². The molecule has 2 heterocycles. The second kappa shape index (κ2) is 12.8. The van der Waals surface area contributed by atoms with Crippen LogP contribution in [0.1, 0.15) is 33.3 Å². The van der Waals surface area contributed by atoms with Crippen LogP contribution in [0.25, 0.3) is 6.08 Å². The zero-order valence-corrected chi connectivity index (χ0v) is 22.2. The van der Waals surface area contributed by atoms with Crippen LogP contribution in [-0.2, 0) is 52.3 Å². The average Bonchev–Trinajstić information content (AvgIpc) is 2.87. The first-order chi connectivity index (χ1) is 18.4. The fourth-order valence-corrected chi connectivity index (χ4v) is 3.93. The molecule has 0 saturated carbocycles. The van der Waals surface area contributed by atoms with Gasteiger partial charge in [-0.1, -0.05) is 18.2 Å². The summed E-state index contributed by atoms with van der Waals surface area (Å²) >= 11 is 0. The maximum atomic E-state index is 12.7. The van der Waals surface area contributed by atoms with Crippen LogP contribution in [0.4, 0.5) is 10.5 Å². The van der Waals surface area contributed by atoms with Gasteiger partial charge in [-0.25, -0.2) is 9.59 Å². The Kier molecular flexibility index (Phi) is 9.78. The summed E-state index contributed by atoms with van der Waals surface area (Å²) in [6, 6.07) is 6.74. The molecule has 2 aliphatic rings. The Labute approximate surface area is 224 Å². The minimum Gasteiger partial charge on any atom is -0.467 e. The Morgan fingerprint density at radius 2 is 1.54 bits per heavy atom. The molecule has 1 aromatic rings. The van der Waals surface area contributed by atoms with E-state index >= 15 is 0 Å². The monoisotopic (exact) mass is 549 g/mol. The van der Waals surface area contributed by atoms with Gasteiger partial charge in [-0.15, -0.1) is 0 Å². The third-order valence-corrected chi connectivity index (χ3v) is 5.76. The summed E-state index contributed by atoms with van der Waals surface area (Å²) < 4.78 is 37.0. The maximum Gasteiger partial charge on any atom is 0.414 e. The molecule has 13 nitrogen and oxygen atoms in total. The van der Waals surface area contributed by atoms with Crippen LogP contribution >= 0.6 is 0 Å². The molecule has 2 aliphatic heterocycles. The Morgan fingerprint density at radius 3 is 2.08 bits per heavy atom. The predicted molar refractivity (Wildman–Crippen MR) is 132 cm³/mol. The maximum absolute atomic E-state index is 12.7. The lowest BCUT2D eigenvalue weighted by Gasteiger charge is -2.41. The molecule has 1 amide bonds. The zero-order chi connectivity index (χ0) is 28.7. The Hall–Kier alpha value is -3.81. The normalized spacial score (nSPS) is 26.0. The van der Waals surface area contributed by atoms with Gasteiger partial charge in [0.1, 0.15) is 6.29 Å². The first-order valence-electron chi connectivity index (χ1n) is 12.0. The minimum atomic E-state index is -1.71. The first kappa shape index (κ1) is 29.7. The van der Waals surface area contributed by atoms with Crippen LogP contribution in [0.2, 0.25) is 0 Å².